The number of ether oxygens (including phenoxy) is 1. The Hall–Kier alpha value is -2.62. The van der Waals surface area contributed by atoms with Crippen LogP contribution in [0, 0.1) is 27.4 Å². The molecular weight excluding hydrogens is 286 g/mol. The van der Waals surface area contributed by atoms with Gasteiger partial charge in [0.25, 0.3) is 5.69 Å². The van der Waals surface area contributed by atoms with E-state index in [1.807, 2.05) is 4.90 Å². The summed E-state index contributed by atoms with van der Waals surface area (Å²) in [5, 5.41) is 20.1. The molecule has 1 aromatic carbocycles. The number of anilines is 1. The summed E-state index contributed by atoms with van der Waals surface area (Å²) in [6.07, 6.45) is 1.23. The average Bonchev–Trinajstić information content (AvgIpc) is 2.54. The number of piperidine rings is 1. The van der Waals surface area contributed by atoms with E-state index in [-0.39, 0.29) is 17.6 Å². The Kier molecular flexibility index (Phi) is 4.94. The first-order valence-electron chi connectivity index (χ1n) is 7.17. The van der Waals surface area contributed by atoms with Crippen LogP contribution in [0.25, 0.3) is 0 Å². The number of rotatable bonds is 4. The van der Waals surface area contributed by atoms with Gasteiger partial charge in [0.2, 0.25) is 0 Å². The van der Waals surface area contributed by atoms with Gasteiger partial charge >= 0.3 is 5.97 Å². The monoisotopic (exact) mass is 303 g/mol. The summed E-state index contributed by atoms with van der Waals surface area (Å²) < 4.78 is 5.02. The molecule has 0 saturated carbocycles. The Bertz CT molecular complexity index is 616. The molecule has 0 aromatic heterocycles. The van der Waals surface area contributed by atoms with Gasteiger partial charge in [-0.05, 0) is 25.8 Å². The van der Waals surface area contributed by atoms with E-state index in [0.29, 0.717) is 43.8 Å². The Morgan fingerprint density at radius 2 is 2.18 bits per heavy atom. The molecule has 1 fully saturated rings. The molecule has 1 aliphatic heterocycles. The average molecular weight is 303 g/mol. The number of nitro groups is 1. The van der Waals surface area contributed by atoms with Crippen LogP contribution in [0.3, 0.4) is 0 Å². The van der Waals surface area contributed by atoms with Crippen molar-refractivity contribution in [2.24, 2.45) is 5.92 Å². The van der Waals surface area contributed by atoms with Crippen molar-refractivity contribution in [2.45, 2.75) is 19.8 Å². The minimum absolute atomic E-state index is 0.0403. The van der Waals surface area contributed by atoms with Gasteiger partial charge in [-0.25, -0.2) is 0 Å². The number of nitriles is 1. The largest absolute Gasteiger partial charge is 0.466 e. The van der Waals surface area contributed by atoms with Gasteiger partial charge in [0, 0.05) is 25.2 Å². The number of esters is 1. The molecule has 0 aliphatic carbocycles. The van der Waals surface area contributed by atoms with Crippen LogP contribution in [-0.4, -0.2) is 30.6 Å². The summed E-state index contributed by atoms with van der Waals surface area (Å²) in [4.78, 5) is 24.1. The van der Waals surface area contributed by atoms with Crippen molar-refractivity contribution in [1.29, 1.82) is 5.26 Å². The van der Waals surface area contributed by atoms with Gasteiger partial charge in [-0.3, -0.25) is 14.9 Å². The van der Waals surface area contributed by atoms with Crippen molar-refractivity contribution in [1.82, 2.24) is 0 Å². The van der Waals surface area contributed by atoms with E-state index < -0.39 is 4.92 Å². The molecule has 1 heterocycles. The van der Waals surface area contributed by atoms with E-state index in [9.17, 15) is 14.9 Å². The molecular formula is C15H17N3O4. The van der Waals surface area contributed by atoms with Crippen LogP contribution >= 0.6 is 0 Å². The van der Waals surface area contributed by atoms with E-state index >= 15 is 0 Å². The van der Waals surface area contributed by atoms with Crippen LogP contribution in [0.15, 0.2) is 18.2 Å². The highest BCUT2D eigenvalue weighted by Crippen LogP contribution is 2.29. The topological polar surface area (TPSA) is 96.5 Å². The molecule has 0 unspecified atom stereocenters. The first-order valence-corrected chi connectivity index (χ1v) is 7.17. The lowest BCUT2D eigenvalue weighted by Gasteiger charge is -2.32. The van der Waals surface area contributed by atoms with E-state index in [1.165, 1.54) is 18.2 Å². The third-order valence-electron chi connectivity index (χ3n) is 3.77. The third kappa shape index (κ3) is 3.34. The first-order chi connectivity index (χ1) is 10.6. The Morgan fingerprint density at radius 1 is 1.50 bits per heavy atom. The predicted molar refractivity (Wildman–Crippen MR) is 79.4 cm³/mol. The number of hydrogen-bond donors (Lipinski definition) is 0. The fourth-order valence-electron chi connectivity index (χ4n) is 2.61. The second kappa shape index (κ2) is 6.89. The van der Waals surface area contributed by atoms with E-state index in [2.05, 4.69) is 6.07 Å². The number of carbonyl (C=O) groups excluding carboxylic acids is 1. The van der Waals surface area contributed by atoms with Crippen molar-refractivity contribution >= 4 is 17.3 Å². The first kappa shape index (κ1) is 15.8. The highest BCUT2D eigenvalue weighted by molar-refractivity contribution is 5.73. The quantitative estimate of drug-likeness (QED) is 0.481. The summed E-state index contributed by atoms with van der Waals surface area (Å²) in [5.74, 6) is -0.331. The van der Waals surface area contributed by atoms with Crippen LogP contribution in [0.4, 0.5) is 11.4 Å². The smallest absolute Gasteiger partial charge is 0.309 e. The molecule has 1 aliphatic rings. The van der Waals surface area contributed by atoms with Crippen LogP contribution < -0.4 is 4.90 Å². The maximum Gasteiger partial charge on any atom is 0.309 e. The van der Waals surface area contributed by atoms with Gasteiger partial charge in [-0.1, -0.05) is 0 Å². The molecule has 0 radical (unpaired) electrons. The van der Waals surface area contributed by atoms with Crippen molar-refractivity contribution in [2.75, 3.05) is 24.6 Å². The molecule has 2 rings (SSSR count). The van der Waals surface area contributed by atoms with Gasteiger partial charge in [0.05, 0.1) is 28.7 Å². The molecule has 7 nitrogen and oxygen atoms in total. The zero-order chi connectivity index (χ0) is 16.1. The lowest BCUT2D eigenvalue weighted by Crippen LogP contribution is -2.37. The van der Waals surface area contributed by atoms with Gasteiger partial charge in [-0.15, -0.1) is 0 Å². The number of carbonyl (C=O) groups is 1. The van der Waals surface area contributed by atoms with E-state index in [0.717, 1.165) is 0 Å². The molecule has 1 saturated heterocycles. The molecule has 0 spiro atoms. The van der Waals surface area contributed by atoms with E-state index in [1.54, 1.807) is 6.92 Å². The Balaban J connectivity index is 2.14. The zero-order valence-electron chi connectivity index (χ0n) is 12.3. The molecule has 0 atom stereocenters. The summed E-state index contributed by atoms with van der Waals surface area (Å²) >= 11 is 0. The van der Waals surface area contributed by atoms with Crippen molar-refractivity contribution in [3.63, 3.8) is 0 Å². The SMILES string of the molecule is CCOC(=O)C1CCN(c2cc([N+](=O)[O-])ccc2C#N)CC1. The molecule has 116 valence electrons. The number of nitrogens with zero attached hydrogens (tertiary/aromatic N) is 3. The standard InChI is InChI=1S/C15H17N3O4/c1-2-22-15(19)11-5-7-17(8-6-11)14-9-13(18(20)21)4-3-12(14)10-16/h3-4,9,11H,2,5-8H2,1H3. The number of benzene rings is 1. The maximum absolute atomic E-state index is 11.7. The summed E-state index contributed by atoms with van der Waals surface area (Å²) in [6, 6.07) is 6.27. The molecule has 22 heavy (non-hydrogen) atoms. The van der Waals surface area contributed by atoms with Gasteiger partial charge in [-0.2, -0.15) is 5.26 Å². The lowest BCUT2D eigenvalue weighted by atomic mass is 9.96. The summed E-state index contributed by atoms with van der Waals surface area (Å²) in [7, 11) is 0. The highest BCUT2D eigenvalue weighted by atomic mass is 16.6. The minimum Gasteiger partial charge on any atom is -0.466 e. The molecule has 0 N–H and O–H groups in total. The van der Waals surface area contributed by atoms with Crippen LogP contribution in [0.1, 0.15) is 25.3 Å². The van der Waals surface area contributed by atoms with Crippen LogP contribution in [0.2, 0.25) is 0 Å². The van der Waals surface area contributed by atoms with Crippen molar-refractivity contribution in [3.05, 3.63) is 33.9 Å². The predicted octanol–water partition coefficient (Wildman–Crippen LogP) is 2.25. The van der Waals surface area contributed by atoms with Crippen molar-refractivity contribution in [3.8, 4) is 6.07 Å². The van der Waals surface area contributed by atoms with Crippen LogP contribution in [0.5, 0.6) is 0 Å². The Labute approximate surface area is 128 Å². The summed E-state index contributed by atoms with van der Waals surface area (Å²) in [5.41, 5.74) is 0.917. The molecule has 1 aromatic rings. The van der Waals surface area contributed by atoms with Gasteiger partial charge < -0.3 is 9.64 Å². The number of hydrogen-bond acceptors (Lipinski definition) is 6. The fourth-order valence-corrected chi connectivity index (χ4v) is 2.61. The molecule has 0 bridgehead atoms. The fraction of sp³-hybridized carbons (Fsp3) is 0.467. The minimum atomic E-state index is -0.476. The highest BCUT2D eigenvalue weighted by Gasteiger charge is 2.27. The van der Waals surface area contributed by atoms with E-state index in [4.69, 9.17) is 10.00 Å². The zero-order valence-corrected chi connectivity index (χ0v) is 12.3. The lowest BCUT2D eigenvalue weighted by molar-refractivity contribution is -0.384. The third-order valence-corrected chi connectivity index (χ3v) is 3.77. The summed E-state index contributed by atoms with van der Waals surface area (Å²) in [6.45, 7) is 3.27. The van der Waals surface area contributed by atoms with Crippen LogP contribution in [-0.2, 0) is 9.53 Å². The number of nitro benzene ring substituents is 1. The molecule has 7 heteroatoms. The van der Waals surface area contributed by atoms with Gasteiger partial charge in [0.1, 0.15) is 6.07 Å². The second-order valence-corrected chi connectivity index (χ2v) is 5.08. The molecule has 0 amide bonds. The van der Waals surface area contributed by atoms with Crippen molar-refractivity contribution < 1.29 is 14.5 Å². The number of non-ortho nitro benzene ring substituents is 1. The Morgan fingerprint density at radius 3 is 2.73 bits per heavy atom. The normalized spacial score (nSPS) is 15.2. The second-order valence-electron chi connectivity index (χ2n) is 5.08. The van der Waals surface area contributed by atoms with Gasteiger partial charge in [0.15, 0.2) is 0 Å². The maximum atomic E-state index is 11.7.